The van der Waals surface area contributed by atoms with Gasteiger partial charge in [0.15, 0.2) is 5.75 Å². The molecular weight excluding hydrogens is 319 g/mol. The molecule has 0 saturated carbocycles. The number of aromatic amines is 1. The Morgan fingerprint density at radius 2 is 1.77 bits per heavy atom. The molecule has 3 aromatic rings. The largest absolute Gasteiger partial charge is 0.488 e. The van der Waals surface area contributed by atoms with E-state index in [1.54, 1.807) is 0 Å². The molecule has 0 amide bonds. The molecule has 0 spiro atoms. The van der Waals surface area contributed by atoms with Crippen LogP contribution in [0.2, 0.25) is 10.0 Å². The highest BCUT2D eigenvalue weighted by Gasteiger charge is 2.14. The van der Waals surface area contributed by atoms with Crippen LogP contribution < -0.4 is 4.74 Å². The van der Waals surface area contributed by atoms with Gasteiger partial charge in [-0.15, -0.1) is 0 Å². The van der Waals surface area contributed by atoms with Crippen molar-refractivity contribution in [3.05, 3.63) is 45.9 Å². The molecule has 22 heavy (non-hydrogen) atoms. The van der Waals surface area contributed by atoms with E-state index in [9.17, 15) is 0 Å². The number of rotatable bonds is 3. The van der Waals surface area contributed by atoms with Gasteiger partial charge in [-0.3, -0.25) is 0 Å². The molecule has 0 aliphatic rings. The van der Waals surface area contributed by atoms with Gasteiger partial charge in [0.25, 0.3) is 0 Å². The average molecular weight is 335 g/mol. The summed E-state index contributed by atoms with van der Waals surface area (Å²) in [6.45, 7) is 5.91. The zero-order valence-electron chi connectivity index (χ0n) is 12.6. The highest BCUT2D eigenvalue weighted by molar-refractivity contribution is 6.37. The Hall–Kier alpha value is -1.71. The van der Waals surface area contributed by atoms with E-state index in [-0.39, 0.29) is 6.10 Å². The van der Waals surface area contributed by atoms with Crippen molar-refractivity contribution in [1.82, 2.24) is 9.97 Å². The number of aromatic nitrogens is 2. The van der Waals surface area contributed by atoms with Crippen molar-refractivity contribution in [3.63, 3.8) is 0 Å². The predicted octanol–water partition coefficient (Wildman–Crippen LogP) is 5.63. The molecule has 0 aliphatic heterocycles. The smallest absolute Gasteiger partial charge is 0.156 e. The molecule has 114 valence electrons. The molecular formula is C17H16Cl2N2O. The molecule has 0 aliphatic carbocycles. The molecule has 1 N–H and O–H groups in total. The van der Waals surface area contributed by atoms with Crippen molar-refractivity contribution in [2.45, 2.75) is 26.9 Å². The summed E-state index contributed by atoms with van der Waals surface area (Å²) in [4.78, 5) is 7.88. The number of halogens is 2. The van der Waals surface area contributed by atoms with Crippen LogP contribution in [-0.4, -0.2) is 16.1 Å². The number of benzene rings is 2. The topological polar surface area (TPSA) is 37.9 Å². The summed E-state index contributed by atoms with van der Waals surface area (Å²) in [6.07, 6.45) is 0.00928. The second-order valence-electron chi connectivity index (χ2n) is 5.54. The Balaban J connectivity index is 2.07. The van der Waals surface area contributed by atoms with Gasteiger partial charge in [-0.05, 0) is 50.6 Å². The number of H-pyrrole nitrogens is 1. The van der Waals surface area contributed by atoms with Gasteiger partial charge in [0.2, 0.25) is 0 Å². The minimum Gasteiger partial charge on any atom is -0.488 e. The molecule has 0 fully saturated rings. The van der Waals surface area contributed by atoms with Gasteiger partial charge in [0.05, 0.1) is 27.2 Å². The van der Waals surface area contributed by atoms with Crippen molar-refractivity contribution < 1.29 is 4.74 Å². The number of nitrogens with one attached hydrogen (secondary N) is 1. The Morgan fingerprint density at radius 1 is 1.09 bits per heavy atom. The Kier molecular flexibility index (Phi) is 4.02. The molecule has 5 heteroatoms. The third kappa shape index (κ3) is 2.92. The van der Waals surface area contributed by atoms with Crippen molar-refractivity contribution in [1.29, 1.82) is 0 Å². The minimum absolute atomic E-state index is 0.00928. The zero-order valence-corrected chi connectivity index (χ0v) is 14.1. The van der Waals surface area contributed by atoms with Crippen molar-refractivity contribution in [2.24, 2.45) is 0 Å². The lowest BCUT2D eigenvalue weighted by Gasteiger charge is -2.13. The molecule has 0 saturated heterocycles. The highest BCUT2D eigenvalue weighted by atomic mass is 35.5. The van der Waals surface area contributed by atoms with Crippen LogP contribution in [0.15, 0.2) is 30.3 Å². The number of hydrogen-bond acceptors (Lipinski definition) is 2. The third-order valence-electron chi connectivity index (χ3n) is 3.26. The third-order valence-corrected chi connectivity index (χ3v) is 3.82. The van der Waals surface area contributed by atoms with E-state index in [0.717, 1.165) is 22.4 Å². The van der Waals surface area contributed by atoms with Gasteiger partial charge in [-0.1, -0.05) is 29.3 Å². The van der Waals surface area contributed by atoms with Crippen molar-refractivity contribution >= 4 is 34.2 Å². The molecule has 3 rings (SSSR count). The van der Waals surface area contributed by atoms with Crippen LogP contribution in [0.5, 0.6) is 5.75 Å². The second kappa shape index (κ2) is 5.82. The Morgan fingerprint density at radius 3 is 2.41 bits per heavy atom. The molecule has 1 aromatic heterocycles. The van der Waals surface area contributed by atoms with E-state index in [1.807, 2.05) is 45.0 Å². The van der Waals surface area contributed by atoms with Crippen LogP contribution in [0.4, 0.5) is 0 Å². The zero-order chi connectivity index (χ0) is 15.9. The molecule has 0 radical (unpaired) electrons. The van der Waals surface area contributed by atoms with Crippen LogP contribution in [0, 0.1) is 6.92 Å². The summed E-state index contributed by atoms with van der Waals surface area (Å²) < 4.78 is 5.65. The van der Waals surface area contributed by atoms with Crippen LogP contribution in [-0.2, 0) is 0 Å². The maximum atomic E-state index is 6.30. The quantitative estimate of drug-likeness (QED) is 0.673. The van der Waals surface area contributed by atoms with Crippen LogP contribution in [0.1, 0.15) is 19.4 Å². The minimum atomic E-state index is 0.00928. The predicted molar refractivity (Wildman–Crippen MR) is 92.1 cm³/mol. The standard InChI is InChI=1S/C17H16Cl2N2O/c1-9(2)22-16-12(18)7-11(8-13(16)19)17-20-14-5-4-10(3)6-15(14)21-17/h4-9H,1-3H3,(H,20,21). The fraction of sp³-hybridized carbons (Fsp3) is 0.235. The lowest BCUT2D eigenvalue weighted by atomic mass is 10.2. The SMILES string of the molecule is Cc1ccc2nc(-c3cc(Cl)c(OC(C)C)c(Cl)c3)[nH]c2c1. The van der Waals surface area contributed by atoms with E-state index in [1.165, 1.54) is 5.56 Å². The van der Waals surface area contributed by atoms with Gasteiger partial charge < -0.3 is 9.72 Å². The van der Waals surface area contributed by atoms with Gasteiger partial charge in [0.1, 0.15) is 5.82 Å². The molecule has 0 atom stereocenters. The van der Waals surface area contributed by atoms with Crippen molar-refractivity contribution in [3.8, 4) is 17.1 Å². The Bertz CT molecular complexity index is 817. The van der Waals surface area contributed by atoms with Gasteiger partial charge in [0, 0.05) is 5.56 Å². The summed E-state index contributed by atoms with van der Waals surface area (Å²) in [6, 6.07) is 9.72. The van der Waals surface area contributed by atoms with Gasteiger partial charge >= 0.3 is 0 Å². The van der Waals surface area contributed by atoms with Crippen LogP contribution in [0.25, 0.3) is 22.4 Å². The molecule has 0 unspecified atom stereocenters. The number of aryl methyl sites for hydroxylation is 1. The first-order chi connectivity index (χ1) is 10.4. The lowest BCUT2D eigenvalue weighted by Crippen LogP contribution is -2.06. The summed E-state index contributed by atoms with van der Waals surface area (Å²) >= 11 is 12.6. The first kappa shape index (κ1) is 15.2. The van der Waals surface area contributed by atoms with Gasteiger partial charge in [-0.2, -0.15) is 0 Å². The second-order valence-corrected chi connectivity index (χ2v) is 6.36. The maximum Gasteiger partial charge on any atom is 0.156 e. The number of nitrogens with zero attached hydrogens (tertiary/aromatic N) is 1. The number of imidazole rings is 1. The van der Waals surface area contributed by atoms with Crippen LogP contribution in [0.3, 0.4) is 0 Å². The first-order valence-corrected chi connectivity index (χ1v) is 7.82. The van der Waals surface area contributed by atoms with Gasteiger partial charge in [-0.25, -0.2) is 4.98 Å². The number of hydrogen-bond donors (Lipinski definition) is 1. The Labute approximate surface area is 139 Å². The maximum absolute atomic E-state index is 6.30. The fourth-order valence-corrected chi connectivity index (χ4v) is 2.88. The lowest BCUT2D eigenvalue weighted by molar-refractivity contribution is 0.243. The average Bonchev–Trinajstić information content (AvgIpc) is 2.85. The van der Waals surface area contributed by atoms with E-state index in [4.69, 9.17) is 27.9 Å². The molecule has 2 aromatic carbocycles. The van der Waals surface area contributed by atoms with E-state index < -0.39 is 0 Å². The normalized spacial score (nSPS) is 11.4. The van der Waals surface area contributed by atoms with Crippen LogP contribution >= 0.6 is 23.2 Å². The highest BCUT2D eigenvalue weighted by Crippen LogP contribution is 2.37. The monoisotopic (exact) mass is 334 g/mol. The molecule has 1 heterocycles. The summed E-state index contributed by atoms with van der Waals surface area (Å²) in [5.74, 6) is 1.24. The van der Waals surface area contributed by atoms with E-state index >= 15 is 0 Å². The van der Waals surface area contributed by atoms with Crippen molar-refractivity contribution in [2.75, 3.05) is 0 Å². The summed E-state index contributed by atoms with van der Waals surface area (Å²) in [7, 11) is 0. The first-order valence-electron chi connectivity index (χ1n) is 7.06. The summed E-state index contributed by atoms with van der Waals surface area (Å²) in [5.41, 5.74) is 3.92. The fourth-order valence-electron chi connectivity index (χ4n) is 2.31. The van der Waals surface area contributed by atoms with E-state index in [2.05, 4.69) is 16.0 Å². The molecule has 3 nitrogen and oxygen atoms in total. The molecule has 0 bridgehead atoms. The number of fused-ring (bicyclic) bond motifs is 1. The number of ether oxygens (including phenoxy) is 1. The summed E-state index contributed by atoms with van der Waals surface area (Å²) in [5, 5.41) is 0.959. The van der Waals surface area contributed by atoms with E-state index in [0.29, 0.717) is 15.8 Å².